The van der Waals surface area contributed by atoms with Gasteiger partial charge in [-0.05, 0) is 33.6 Å². The van der Waals surface area contributed by atoms with Gasteiger partial charge in [0.25, 0.3) is 0 Å². The molecule has 0 aliphatic carbocycles. The fourth-order valence-corrected chi connectivity index (χ4v) is 2.23. The van der Waals surface area contributed by atoms with Gasteiger partial charge in [0.05, 0.1) is 10.5 Å². The highest BCUT2D eigenvalue weighted by atomic mass is 79.9. The molecule has 2 aromatic carbocycles. The summed E-state index contributed by atoms with van der Waals surface area (Å²) in [6.45, 7) is 0. The molecule has 5 heteroatoms. The molecule has 1 atom stereocenters. The fraction of sp³-hybridized carbons (Fsp3) is 0.133. The highest BCUT2D eigenvalue weighted by Gasteiger charge is 2.21. The maximum atomic E-state index is 13.8. The maximum Gasteiger partial charge on any atom is 0.158 e. The highest BCUT2D eigenvalue weighted by molar-refractivity contribution is 9.10. The minimum atomic E-state index is -0.894. The monoisotopic (exact) mass is 339 g/mol. The number of halogens is 3. The number of carbonyl (C=O) groups excluding carboxylic acids is 1. The molecule has 2 nitrogen and oxygen atoms in total. The van der Waals surface area contributed by atoms with Crippen LogP contribution in [0.2, 0.25) is 0 Å². The number of rotatable bonds is 4. The predicted molar refractivity (Wildman–Crippen MR) is 76.1 cm³/mol. The number of Topliss-reactive ketones (excluding diaryl/α,β-unsaturated/α-hetero) is 1. The van der Waals surface area contributed by atoms with Crippen LogP contribution in [0.3, 0.4) is 0 Å². The van der Waals surface area contributed by atoms with E-state index in [1.165, 1.54) is 6.07 Å². The molecule has 0 aromatic heterocycles. The standard InChI is InChI=1S/C15H12BrF2NO/c16-11-6-7-12(17)10(14(11)18)8-13(20)15(19)9-4-2-1-3-5-9/h1-7,15H,8,19H2/t15-/m1/s1. The molecule has 0 fully saturated rings. The summed E-state index contributed by atoms with van der Waals surface area (Å²) in [6, 6.07) is 10.2. The zero-order valence-corrected chi connectivity index (χ0v) is 12.0. The molecule has 0 amide bonds. The molecule has 0 bridgehead atoms. The molecule has 20 heavy (non-hydrogen) atoms. The Morgan fingerprint density at radius 2 is 1.80 bits per heavy atom. The summed E-state index contributed by atoms with van der Waals surface area (Å²) in [5, 5.41) is 0. The fourth-order valence-electron chi connectivity index (χ4n) is 1.86. The average molecular weight is 340 g/mol. The molecular weight excluding hydrogens is 328 g/mol. The van der Waals surface area contributed by atoms with Crippen molar-refractivity contribution in [2.45, 2.75) is 12.5 Å². The van der Waals surface area contributed by atoms with Crippen LogP contribution >= 0.6 is 15.9 Å². The molecule has 0 aliphatic heterocycles. The van der Waals surface area contributed by atoms with Crippen molar-refractivity contribution in [2.24, 2.45) is 5.73 Å². The van der Waals surface area contributed by atoms with Crippen molar-refractivity contribution < 1.29 is 13.6 Å². The minimum Gasteiger partial charge on any atom is -0.318 e. The quantitative estimate of drug-likeness (QED) is 0.866. The lowest BCUT2D eigenvalue weighted by atomic mass is 9.98. The van der Waals surface area contributed by atoms with Crippen LogP contribution in [0.4, 0.5) is 8.78 Å². The SMILES string of the molecule is N[C@@H](C(=O)Cc1c(F)ccc(Br)c1F)c1ccccc1. The Kier molecular flexibility index (Phi) is 4.62. The second kappa shape index (κ2) is 6.24. The van der Waals surface area contributed by atoms with E-state index in [2.05, 4.69) is 15.9 Å². The van der Waals surface area contributed by atoms with Crippen molar-refractivity contribution >= 4 is 21.7 Å². The number of nitrogens with two attached hydrogens (primary N) is 1. The van der Waals surface area contributed by atoms with Gasteiger partial charge < -0.3 is 5.73 Å². The van der Waals surface area contributed by atoms with Crippen LogP contribution in [0.15, 0.2) is 46.9 Å². The van der Waals surface area contributed by atoms with E-state index in [0.717, 1.165) is 6.07 Å². The van der Waals surface area contributed by atoms with Gasteiger partial charge in [-0.25, -0.2) is 8.78 Å². The molecule has 0 spiro atoms. The van der Waals surface area contributed by atoms with E-state index < -0.39 is 23.5 Å². The molecule has 2 rings (SSSR count). The van der Waals surface area contributed by atoms with Crippen molar-refractivity contribution in [1.82, 2.24) is 0 Å². The normalized spacial score (nSPS) is 12.2. The average Bonchev–Trinajstić information content (AvgIpc) is 2.47. The van der Waals surface area contributed by atoms with Crippen LogP contribution in [0.1, 0.15) is 17.2 Å². The summed E-state index contributed by atoms with van der Waals surface area (Å²) < 4.78 is 27.5. The Morgan fingerprint density at radius 1 is 1.15 bits per heavy atom. The van der Waals surface area contributed by atoms with Crippen molar-refractivity contribution in [3.63, 3.8) is 0 Å². The molecular formula is C15H12BrF2NO. The number of ketones is 1. The highest BCUT2D eigenvalue weighted by Crippen LogP contribution is 2.23. The van der Waals surface area contributed by atoms with Crippen LogP contribution in [0.25, 0.3) is 0 Å². The van der Waals surface area contributed by atoms with E-state index in [1.807, 2.05) is 0 Å². The lowest BCUT2D eigenvalue weighted by molar-refractivity contribution is -0.119. The summed E-state index contributed by atoms with van der Waals surface area (Å²) in [6.07, 6.45) is -0.382. The van der Waals surface area contributed by atoms with Crippen LogP contribution in [-0.2, 0) is 11.2 Å². The molecule has 2 aromatic rings. The van der Waals surface area contributed by atoms with Gasteiger partial charge in [0.1, 0.15) is 11.6 Å². The second-order valence-electron chi connectivity index (χ2n) is 4.35. The van der Waals surface area contributed by atoms with Crippen molar-refractivity contribution in [2.75, 3.05) is 0 Å². The number of carbonyl (C=O) groups is 1. The van der Waals surface area contributed by atoms with Gasteiger partial charge in [0.2, 0.25) is 0 Å². The Bertz CT molecular complexity index is 631. The van der Waals surface area contributed by atoms with Gasteiger partial charge in [-0.1, -0.05) is 30.3 Å². The molecule has 0 heterocycles. The largest absolute Gasteiger partial charge is 0.318 e. The van der Waals surface area contributed by atoms with Crippen molar-refractivity contribution in [3.05, 3.63) is 69.7 Å². The van der Waals surface area contributed by atoms with Gasteiger partial charge in [0, 0.05) is 12.0 Å². The first-order valence-corrected chi connectivity index (χ1v) is 6.75. The predicted octanol–water partition coefficient (Wildman–Crippen LogP) is 3.54. The summed E-state index contributed by atoms with van der Waals surface area (Å²) in [5.74, 6) is -1.95. The molecule has 0 saturated carbocycles. The third kappa shape index (κ3) is 3.11. The molecule has 0 saturated heterocycles. The van der Waals surface area contributed by atoms with Gasteiger partial charge >= 0.3 is 0 Å². The van der Waals surface area contributed by atoms with Crippen LogP contribution in [-0.4, -0.2) is 5.78 Å². The molecule has 0 radical (unpaired) electrons. The van der Waals surface area contributed by atoms with Gasteiger partial charge in [-0.15, -0.1) is 0 Å². The van der Waals surface area contributed by atoms with E-state index >= 15 is 0 Å². The summed E-state index contributed by atoms with van der Waals surface area (Å²) >= 11 is 2.97. The van der Waals surface area contributed by atoms with Gasteiger partial charge in [-0.3, -0.25) is 4.79 Å². The Balaban J connectivity index is 2.23. The minimum absolute atomic E-state index is 0.120. The first kappa shape index (κ1) is 14.8. The van der Waals surface area contributed by atoms with E-state index in [1.54, 1.807) is 30.3 Å². The van der Waals surface area contributed by atoms with Crippen LogP contribution in [0.5, 0.6) is 0 Å². The topological polar surface area (TPSA) is 43.1 Å². The number of hydrogen-bond donors (Lipinski definition) is 1. The van der Waals surface area contributed by atoms with Crippen LogP contribution < -0.4 is 5.73 Å². The zero-order valence-electron chi connectivity index (χ0n) is 10.4. The van der Waals surface area contributed by atoms with Gasteiger partial charge in [0.15, 0.2) is 5.78 Å². The van der Waals surface area contributed by atoms with E-state index in [9.17, 15) is 13.6 Å². The first-order valence-electron chi connectivity index (χ1n) is 5.96. The van der Waals surface area contributed by atoms with Crippen molar-refractivity contribution in [3.8, 4) is 0 Å². The first-order chi connectivity index (χ1) is 9.50. The summed E-state index contributed by atoms with van der Waals surface area (Å²) in [7, 11) is 0. The second-order valence-corrected chi connectivity index (χ2v) is 5.21. The van der Waals surface area contributed by atoms with Crippen LogP contribution in [0, 0.1) is 11.6 Å². The lowest BCUT2D eigenvalue weighted by Gasteiger charge is -2.12. The number of benzene rings is 2. The lowest BCUT2D eigenvalue weighted by Crippen LogP contribution is -2.24. The number of hydrogen-bond acceptors (Lipinski definition) is 2. The maximum absolute atomic E-state index is 13.8. The van der Waals surface area contributed by atoms with Gasteiger partial charge in [-0.2, -0.15) is 0 Å². The van der Waals surface area contributed by atoms with Crippen molar-refractivity contribution in [1.29, 1.82) is 0 Å². The summed E-state index contributed by atoms with van der Waals surface area (Å²) in [4.78, 5) is 12.1. The molecule has 0 aliphatic rings. The Hall–Kier alpha value is -1.59. The van der Waals surface area contributed by atoms with E-state index in [-0.39, 0.29) is 16.5 Å². The molecule has 0 unspecified atom stereocenters. The Morgan fingerprint density at radius 3 is 2.45 bits per heavy atom. The Labute approximate surface area is 123 Å². The third-order valence-corrected chi connectivity index (χ3v) is 3.61. The third-order valence-electron chi connectivity index (χ3n) is 3.00. The molecule has 2 N–H and O–H groups in total. The zero-order chi connectivity index (χ0) is 14.7. The van der Waals surface area contributed by atoms with E-state index in [4.69, 9.17) is 5.73 Å². The summed E-state index contributed by atoms with van der Waals surface area (Å²) in [5.41, 5.74) is 6.17. The molecule has 104 valence electrons. The smallest absolute Gasteiger partial charge is 0.158 e. The van der Waals surface area contributed by atoms with E-state index in [0.29, 0.717) is 5.56 Å².